The van der Waals surface area contributed by atoms with E-state index in [1.54, 1.807) is 7.11 Å². The number of ether oxygens (including phenoxy) is 2. The number of carbonyl (C=O) groups excluding carboxylic acids is 1. The highest BCUT2D eigenvalue weighted by atomic mass is 16.6. The molecule has 1 aliphatic heterocycles. The number of esters is 1. The van der Waals surface area contributed by atoms with Crippen molar-refractivity contribution in [2.24, 2.45) is 5.92 Å². The first-order valence-corrected chi connectivity index (χ1v) is 5.39. The van der Waals surface area contributed by atoms with Gasteiger partial charge in [-0.15, -0.1) is 0 Å². The van der Waals surface area contributed by atoms with Crippen LogP contribution in [0.5, 0.6) is 0 Å². The maximum atomic E-state index is 11.8. The van der Waals surface area contributed by atoms with Crippen molar-refractivity contribution in [2.75, 3.05) is 20.2 Å². The first-order chi connectivity index (χ1) is 6.92. The zero-order valence-electron chi connectivity index (χ0n) is 10.0. The third-order valence-electron chi connectivity index (χ3n) is 2.38. The van der Waals surface area contributed by atoms with Crippen LogP contribution >= 0.6 is 0 Å². The van der Waals surface area contributed by atoms with Crippen LogP contribution in [0.3, 0.4) is 0 Å². The molecule has 15 heavy (non-hydrogen) atoms. The predicted octanol–water partition coefficient (Wildman–Crippen LogP) is 0.953. The number of rotatable bonds is 2. The van der Waals surface area contributed by atoms with Gasteiger partial charge in [0.25, 0.3) is 0 Å². The number of hydrogen-bond acceptors (Lipinski definition) is 4. The van der Waals surface area contributed by atoms with Crippen molar-refractivity contribution in [1.29, 1.82) is 0 Å². The van der Waals surface area contributed by atoms with Crippen LogP contribution in [0.1, 0.15) is 27.2 Å². The highest BCUT2D eigenvalue weighted by Gasteiger charge is 2.30. The molecule has 1 saturated heterocycles. The van der Waals surface area contributed by atoms with Gasteiger partial charge in [0.05, 0.1) is 12.0 Å². The van der Waals surface area contributed by atoms with Gasteiger partial charge in [-0.1, -0.05) is 0 Å². The van der Waals surface area contributed by atoms with Gasteiger partial charge in [0.2, 0.25) is 0 Å². The van der Waals surface area contributed by atoms with Gasteiger partial charge in [0.1, 0.15) is 5.60 Å². The minimum atomic E-state index is -0.406. The van der Waals surface area contributed by atoms with Crippen molar-refractivity contribution < 1.29 is 14.3 Å². The molecular weight excluding hydrogens is 194 g/mol. The Labute approximate surface area is 91.3 Å². The molecule has 1 N–H and O–H groups in total. The Bertz CT molecular complexity index is 222. The lowest BCUT2D eigenvalue weighted by atomic mass is 9.97. The van der Waals surface area contributed by atoms with E-state index in [4.69, 9.17) is 9.47 Å². The van der Waals surface area contributed by atoms with Crippen LogP contribution in [0.4, 0.5) is 0 Å². The first kappa shape index (κ1) is 12.5. The van der Waals surface area contributed by atoms with Gasteiger partial charge in [-0.25, -0.2) is 0 Å². The van der Waals surface area contributed by atoms with Crippen molar-refractivity contribution in [1.82, 2.24) is 5.32 Å². The molecule has 1 rings (SSSR count). The summed E-state index contributed by atoms with van der Waals surface area (Å²) in [5.74, 6) is -0.209. The number of piperidine rings is 1. The Morgan fingerprint density at radius 2 is 2.00 bits per heavy atom. The van der Waals surface area contributed by atoms with Crippen molar-refractivity contribution in [3.63, 3.8) is 0 Å². The van der Waals surface area contributed by atoms with Crippen LogP contribution in [0.15, 0.2) is 0 Å². The van der Waals surface area contributed by atoms with Crippen molar-refractivity contribution in [2.45, 2.75) is 38.9 Å². The summed E-state index contributed by atoms with van der Waals surface area (Å²) in [5.41, 5.74) is -0.406. The molecule has 0 aliphatic carbocycles. The second-order valence-electron chi connectivity index (χ2n) is 4.98. The summed E-state index contributed by atoms with van der Waals surface area (Å²) < 4.78 is 10.6. The summed E-state index contributed by atoms with van der Waals surface area (Å²) in [7, 11) is 1.67. The van der Waals surface area contributed by atoms with E-state index in [1.165, 1.54) is 0 Å². The summed E-state index contributed by atoms with van der Waals surface area (Å²) in [5, 5.41) is 3.18. The molecule has 0 saturated carbocycles. The Morgan fingerprint density at radius 3 is 2.53 bits per heavy atom. The third-order valence-corrected chi connectivity index (χ3v) is 2.38. The molecule has 2 unspecified atom stereocenters. The normalized spacial score (nSPS) is 27.5. The van der Waals surface area contributed by atoms with Crippen molar-refractivity contribution in [3.05, 3.63) is 0 Å². The molecule has 88 valence electrons. The van der Waals surface area contributed by atoms with Gasteiger partial charge < -0.3 is 14.8 Å². The molecule has 4 heteroatoms. The van der Waals surface area contributed by atoms with E-state index in [0.29, 0.717) is 6.54 Å². The summed E-state index contributed by atoms with van der Waals surface area (Å²) in [4.78, 5) is 11.8. The third kappa shape index (κ3) is 4.18. The van der Waals surface area contributed by atoms with Crippen molar-refractivity contribution in [3.8, 4) is 0 Å². The second-order valence-corrected chi connectivity index (χ2v) is 4.98. The van der Waals surface area contributed by atoms with E-state index < -0.39 is 5.60 Å². The fourth-order valence-electron chi connectivity index (χ4n) is 1.65. The standard InChI is InChI=1S/C11H21NO3/c1-11(2,3)15-10(13)8-5-9(14-4)7-12-6-8/h8-9,12H,5-7H2,1-4H3. The lowest BCUT2D eigenvalue weighted by Gasteiger charge is -2.30. The van der Waals surface area contributed by atoms with Crippen molar-refractivity contribution >= 4 is 5.97 Å². The maximum absolute atomic E-state index is 11.8. The Morgan fingerprint density at radius 1 is 1.33 bits per heavy atom. The average molecular weight is 215 g/mol. The molecule has 4 nitrogen and oxygen atoms in total. The summed E-state index contributed by atoms with van der Waals surface area (Å²) in [6.07, 6.45) is 0.870. The van der Waals surface area contributed by atoms with Crippen LogP contribution in [0.25, 0.3) is 0 Å². The van der Waals surface area contributed by atoms with Crippen LogP contribution < -0.4 is 5.32 Å². The molecule has 1 aliphatic rings. The molecule has 0 bridgehead atoms. The average Bonchev–Trinajstić information content (AvgIpc) is 2.15. The Hall–Kier alpha value is -0.610. The molecular formula is C11H21NO3. The molecule has 0 aromatic heterocycles. The van der Waals surface area contributed by atoms with Gasteiger partial charge >= 0.3 is 5.97 Å². The predicted molar refractivity (Wildman–Crippen MR) is 57.6 cm³/mol. The molecule has 0 aromatic carbocycles. The van der Waals surface area contributed by atoms with E-state index >= 15 is 0 Å². The van der Waals surface area contributed by atoms with Gasteiger partial charge in [-0.05, 0) is 27.2 Å². The molecule has 1 heterocycles. The summed E-state index contributed by atoms with van der Waals surface area (Å²) in [6.45, 7) is 7.16. The van der Waals surface area contributed by atoms with E-state index in [9.17, 15) is 4.79 Å². The van der Waals surface area contributed by atoms with E-state index in [0.717, 1.165) is 13.0 Å². The van der Waals surface area contributed by atoms with E-state index in [2.05, 4.69) is 5.32 Å². The van der Waals surface area contributed by atoms with Gasteiger partial charge in [-0.2, -0.15) is 0 Å². The molecule has 1 fully saturated rings. The summed E-state index contributed by atoms with van der Waals surface area (Å²) in [6, 6.07) is 0. The Balaban J connectivity index is 2.45. The quantitative estimate of drug-likeness (QED) is 0.697. The monoisotopic (exact) mass is 215 g/mol. The Kier molecular flexibility index (Phi) is 4.11. The highest BCUT2D eigenvalue weighted by Crippen LogP contribution is 2.18. The van der Waals surface area contributed by atoms with Gasteiger partial charge in [0, 0.05) is 20.2 Å². The van der Waals surface area contributed by atoms with Crippen LogP contribution in [-0.2, 0) is 14.3 Å². The fraction of sp³-hybridized carbons (Fsp3) is 0.909. The molecule has 0 amide bonds. The maximum Gasteiger partial charge on any atom is 0.310 e. The lowest BCUT2D eigenvalue weighted by molar-refractivity contribution is -0.162. The summed E-state index contributed by atoms with van der Waals surface area (Å²) >= 11 is 0. The number of hydrogen-bond donors (Lipinski definition) is 1. The van der Waals surface area contributed by atoms with E-state index in [-0.39, 0.29) is 18.0 Å². The second kappa shape index (κ2) is 4.94. The largest absolute Gasteiger partial charge is 0.460 e. The fourth-order valence-corrected chi connectivity index (χ4v) is 1.65. The van der Waals surface area contributed by atoms with E-state index in [1.807, 2.05) is 20.8 Å². The molecule has 0 spiro atoms. The zero-order chi connectivity index (χ0) is 11.5. The van der Waals surface area contributed by atoms with Crippen LogP contribution in [0.2, 0.25) is 0 Å². The SMILES string of the molecule is COC1CNCC(C(=O)OC(C)(C)C)C1. The number of nitrogens with one attached hydrogen (secondary N) is 1. The highest BCUT2D eigenvalue weighted by molar-refractivity contribution is 5.73. The lowest BCUT2D eigenvalue weighted by Crippen LogP contribution is -2.45. The van der Waals surface area contributed by atoms with Gasteiger partial charge in [-0.3, -0.25) is 4.79 Å². The minimum Gasteiger partial charge on any atom is -0.460 e. The van der Waals surface area contributed by atoms with Gasteiger partial charge in [0.15, 0.2) is 0 Å². The first-order valence-electron chi connectivity index (χ1n) is 5.39. The smallest absolute Gasteiger partial charge is 0.310 e. The minimum absolute atomic E-state index is 0.0806. The zero-order valence-corrected chi connectivity index (χ0v) is 10.0. The number of carbonyl (C=O) groups is 1. The topological polar surface area (TPSA) is 47.6 Å². The molecule has 0 radical (unpaired) electrons. The molecule has 2 atom stereocenters. The van der Waals surface area contributed by atoms with Crippen LogP contribution in [0, 0.1) is 5.92 Å². The van der Waals surface area contributed by atoms with Crippen LogP contribution in [-0.4, -0.2) is 37.9 Å². The number of methoxy groups -OCH3 is 1. The molecule has 0 aromatic rings.